The van der Waals surface area contributed by atoms with Crippen LogP contribution in [-0.2, 0) is 4.79 Å². The number of carboxylic acid groups (broad SMARTS) is 1. The quantitative estimate of drug-likeness (QED) is 0.0787. The maximum Gasteiger partial charge on any atom is 0.303 e. The summed E-state index contributed by atoms with van der Waals surface area (Å²) in [5.41, 5.74) is 0. The van der Waals surface area contributed by atoms with Crippen LogP contribution in [0.5, 0.6) is 0 Å². The minimum atomic E-state index is -0.657. The molecule has 0 unspecified atom stereocenters. The van der Waals surface area contributed by atoms with E-state index >= 15 is 0 Å². The van der Waals surface area contributed by atoms with Gasteiger partial charge >= 0.3 is 5.97 Å². The zero-order chi connectivity index (χ0) is 28.4. The lowest BCUT2D eigenvalue weighted by molar-refractivity contribution is -0.137. The Morgan fingerprint density at radius 2 is 0.737 bits per heavy atom. The summed E-state index contributed by atoms with van der Waals surface area (Å²) in [5.74, 6) is -0.657. The van der Waals surface area contributed by atoms with Gasteiger partial charge in [0.1, 0.15) is 0 Å². The van der Waals surface area contributed by atoms with Crippen molar-refractivity contribution in [1.29, 1.82) is 0 Å². The highest BCUT2D eigenvalue weighted by molar-refractivity contribution is 5.66. The molecule has 0 saturated carbocycles. The highest BCUT2D eigenvalue weighted by atomic mass is 16.4. The van der Waals surface area contributed by atoms with Gasteiger partial charge in [-0.25, -0.2) is 0 Å². The van der Waals surface area contributed by atoms with Gasteiger partial charge in [-0.05, 0) is 19.4 Å². The third-order valence-corrected chi connectivity index (χ3v) is 7.40. The van der Waals surface area contributed by atoms with Crippen molar-refractivity contribution in [3.8, 4) is 0 Å². The van der Waals surface area contributed by atoms with Crippen LogP contribution in [-0.4, -0.2) is 59.0 Å². The first-order valence-electron chi connectivity index (χ1n) is 16.8. The second-order valence-corrected chi connectivity index (χ2v) is 11.2. The second kappa shape index (κ2) is 36.4. The Morgan fingerprint density at radius 1 is 0.447 bits per heavy atom. The third kappa shape index (κ3) is 37.5. The minimum absolute atomic E-state index is 0.193. The van der Waals surface area contributed by atoms with Gasteiger partial charge in [0.25, 0.3) is 0 Å². The topological polar surface area (TPSA) is 81.0 Å². The van der Waals surface area contributed by atoms with Crippen molar-refractivity contribution in [3.05, 3.63) is 0 Å². The number of aliphatic hydroxyl groups is 2. The second-order valence-electron chi connectivity index (χ2n) is 11.2. The standard InChI is InChI=1S/C19H41NO2.C14H28O2/c1-2-3-4-5-6-7-8-9-10-11-12-13-14-15-20(16-18-21)17-19-22;1-2-3-4-5-6-7-8-9-10-11-12-13-14(15)16/h21-22H,2-19H2,1H3;2-13H2,1H3,(H,15,16). The minimum Gasteiger partial charge on any atom is -0.481 e. The van der Waals surface area contributed by atoms with E-state index in [0.29, 0.717) is 19.5 Å². The van der Waals surface area contributed by atoms with Gasteiger partial charge in [0.2, 0.25) is 0 Å². The van der Waals surface area contributed by atoms with Gasteiger partial charge < -0.3 is 15.3 Å². The van der Waals surface area contributed by atoms with Crippen LogP contribution in [0, 0.1) is 0 Å². The fourth-order valence-electron chi connectivity index (χ4n) is 4.91. The molecule has 0 rings (SSSR count). The molecule has 0 fully saturated rings. The van der Waals surface area contributed by atoms with Gasteiger partial charge in [0.05, 0.1) is 13.2 Å². The Bertz CT molecular complexity index is 427. The summed E-state index contributed by atoms with van der Waals surface area (Å²) in [4.78, 5) is 12.4. The lowest BCUT2D eigenvalue weighted by Gasteiger charge is -2.19. The van der Waals surface area contributed by atoms with Crippen LogP contribution in [0.1, 0.15) is 174 Å². The number of carbonyl (C=O) groups is 1. The number of carboxylic acids is 1. The Hall–Kier alpha value is -0.650. The first-order valence-corrected chi connectivity index (χ1v) is 16.8. The van der Waals surface area contributed by atoms with Gasteiger partial charge in [-0.3, -0.25) is 9.69 Å². The normalized spacial score (nSPS) is 11.1. The zero-order valence-corrected chi connectivity index (χ0v) is 25.9. The Kier molecular flexibility index (Phi) is 37.8. The molecule has 0 aromatic carbocycles. The summed E-state index contributed by atoms with van der Waals surface area (Å²) in [5, 5.41) is 26.3. The maximum absolute atomic E-state index is 10.3. The van der Waals surface area contributed by atoms with Crippen molar-refractivity contribution >= 4 is 5.97 Å². The molecule has 0 spiro atoms. The van der Waals surface area contributed by atoms with E-state index in [0.717, 1.165) is 19.4 Å². The van der Waals surface area contributed by atoms with E-state index in [-0.39, 0.29) is 13.2 Å². The van der Waals surface area contributed by atoms with Gasteiger partial charge in [-0.1, -0.05) is 155 Å². The maximum atomic E-state index is 10.3. The van der Waals surface area contributed by atoms with Crippen molar-refractivity contribution in [3.63, 3.8) is 0 Å². The largest absolute Gasteiger partial charge is 0.481 e. The molecule has 0 aliphatic carbocycles. The first-order chi connectivity index (χ1) is 18.6. The molecule has 0 aromatic rings. The van der Waals surface area contributed by atoms with E-state index in [1.54, 1.807) is 0 Å². The number of hydrogen-bond acceptors (Lipinski definition) is 4. The average Bonchev–Trinajstić information content (AvgIpc) is 2.90. The summed E-state index contributed by atoms with van der Waals surface area (Å²) in [6, 6.07) is 0. The van der Waals surface area contributed by atoms with Gasteiger partial charge in [-0.2, -0.15) is 0 Å². The highest BCUT2D eigenvalue weighted by Crippen LogP contribution is 2.13. The summed E-state index contributed by atoms with van der Waals surface area (Å²) >= 11 is 0. The predicted molar refractivity (Wildman–Crippen MR) is 165 cm³/mol. The summed E-state index contributed by atoms with van der Waals surface area (Å²) in [6.07, 6.45) is 32.3. The van der Waals surface area contributed by atoms with E-state index in [1.807, 2.05) is 0 Å². The summed E-state index contributed by atoms with van der Waals surface area (Å²) in [7, 11) is 0. The molecule has 0 amide bonds. The van der Waals surface area contributed by atoms with Crippen LogP contribution in [0.2, 0.25) is 0 Å². The molecule has 38 heavy (non-hydrogen) atoms. The molecule has 230 valence electrons. The number of nitrogens with zero attached hydrogens (tertiary/aromatic N) is 1. The van der Waals surface area contributed by atoms with E-state index in [9.17, 15) is 4.79 Å². The first kappa shape index (κ1) is 39.5. The Labute approximate surface area is 238 Å². The Balaban J connectivity index is 0. The van der Waals surface area contributed by atoms with Crippen molar-refractivity contribution < 1.29 is 20.1 Å². The van der Waals surface area contributed by atoms with E-state index in [2.05, 4.69) is 18.7 Å². The van der Waals surface area contributed by atoms with Gasteiger partial charge in [0.15, 0.2) is 0 Å². The number of rotatable bonds is 30. The number of unbranched alkanes of at least 4 members (excludes halogenated alkanes) is 22. The molecule has 5 nitrogen and oxygen atoms in total. The number of aliphatic carboxylic acids is 1. The molecule has 0 saturated heterocycles. The van der Waals surface area contributed by atoms with E-state index in [1.165, 1.54) is 141 Å². The van der Waals surface area contributed by atoms with Crippen LogP contribution in [0.25, 0.3) is 0 Å². The van der Waals surface area contributed by atoms with E-state index in [4.69, 9.17) is 15.3 Å². The number of aliphatic hydroxyl groups excluding tert-OH is 2. The molecule has 5 heteroatoms. The van der Waals surface area contributed by atoms with Crippen LogP contribution < -0.4 is 0 Å². The van der Waals surface area contributed by atoms with Crippen LogP contribution >= 0.6 is 0 Å². The van der Waals surface area contributed by atoms with Crippen molar-refractivity contribution in [2.75, 3.05) is 32.8 Å². The van der Waals surface area contributed by atoms with Crippen molar-refractivity contribution in [2.24, 2.45) is 0 Å². The van der Waals surface area contributed by atoms with Crippen LogP contribution in [0.3, 0.4) is 0 Å². The molecule has 0 bridgehead atoms. The van der Waals surface area contributed by atoms with Crippen LogP contribution in [0.15, 0.2) is 0 Å². The highest BCUT2D eigenvalue weighted by Gasteiger charge is 2.02. The summed E-state index contributed by atoms with van der Waals surface area (Å²) < 4.78 is 0. The molecule has 0 aromatic heterocycles. The fourth-order valence-corrected chi connectivity index (χ4v) is 4.91. The third-order valence-electron chi connectivity index (χ3n) is 7.40. The molecule has 0 radical (unpaired) electrons. The smallest absolute Gasteiger partial charge is 0.303 e. The molecular weight excluding hydrogens is 474 g/mol. The van der Waals surface area contributed by atoms with E-state index < -0.39 is 5.97 Å². The fraction of sp³-hybridized carbons (Fsp3) is 0.970. The van der Waals surface area contributed by atoms with Gasteiger partial charge in [-0.15, -0.1) is 0 Å². The number of hydrogen-bond donors (Lipinski definition) is 3. The Morgan fingerprint density at radius 3 is 1.03 bits per heavy atom. The predicted octanol–water partition coefficient (Wildman–Crippen LogP) is 9.14. The monoisotopic (exact) mass is 544 g/mol. The van der Waals surface area contributed by atoms with Gasteiger partial charge in [0, 0.05) is 19.5 Å². The molecule has 0 atom stereocenters. The van der Waals surface area contributed by atoms with Crippen LogP contribution in [0.4, 0.5) is 0 Å². The summed E-state index contributed by atoms with van der Waals surface area (Å²) in [6.45, 7) is 7.31. The molecular formula is C33H69NO4. The molecule has 0 aliphatic rings. The lowest BCUT2D eigenvalue weighted by atomic mass is 10.0. The zero-order valence-electron chi connectivity index (χ0n) is 25.9. The molecule has 0 aliphatic heterocycles. The molecule has 0 heterocycles. The van der Waals surface area contributed by atoms with Crippen molar-refractivity contribution in [2.45, 2.75) is 174 Å². The molecule has 3 N–H and O–H groups in total. The van der Waals surface area contributed by atoms with Crippen molar-refractivity contribution in [1.82, 2.24) is 4.90 Å². The lowest BCUT2D eigenvalue weighted by Crippen LogP contribution is -2.30. The average molecular weight is 544 g/mol. The SMILES string of the molecule is CCCCCCCCCCCCCC(=O)O.CCCCCCCCCCCCCCCN(CCO)CCO.